The van der Waals surface area contributed by atoms with Gasteiger partial charge in [0.15, 0.2) is 0 Å². The fourth-order valence-electron chi connectivity index (χ4n) is 3.39. The van der Waals surface area contributed by atoms with Crippen LogP contribution in [0.4, 0.5) is 4.39 Å². The molecule has 120 valence electrons. The van der Waals surface area contributed by atoms with Gasteiger partial charge < -0.3 is 0 Å². The molecule has 0 amide bonds. The van der Waals surface area contributed by atoms with E-state index in [-0.39, 0.29) is 5.02 Å². The number of halogens is 2. The largest absolute Gasteiger partial charge is 0.256 e. The molecule has 1 heterocycles. The summed E-state index contributed by atoms with van der Waals surface area (Å²) in [5.41, 5.74) is 2.84. The van der Waals surface area contributed by atoms with E-state index in [2.05, 4.69) is 30.1 Å². The van der Waals surface area contributed by atoms with Crippen LogP contribution in [0.1, 0.15) is 44.1 Å². The zero-order chi connectivity index (χ0) is 16.2. The molecule has 3 rings (SSSR count). The number of hydrogen-bond acceptors (Lipinski definition) is 1. The van der Waals surface area contributed by atoms with Crippen LogP contribution in [-0.2, 0) is 0 Å². The summed E-state index contributed by atoms with van der Waals surface area (Å²) in [7, 11) is 0. The number of allylic oxidation sites excluding steroid dienone is 2. The summed E-state index contributed by atoms with van der Waals surface area (Å²) in [5, 5.41) is 0.142. The van der Waals surface area contributed by atoms with E-state index >= 15 is 0 Å². The Hall–Kier alpha value is -1.67. The van der Waals surface area contributed by atoms with Crippen molar-refractivity contribution in [2.24, 2.45) is 5.92 Å². The molecule has 0 aliphatic heterocycles. The molecular formula is C20H21ClFN. The third kappa shape index (κ3) is 3.81. The zero-order valence-corrected chi connectivity index (χ0v) is 14.1. The monoisotopic (exact) mass is 329 g/mol. The Morgan fingerprint density at radius 2 is 1.91 bits per heavy atom. The van der Waals surface area contributed by atoms with Crippen molar-refractivity contribution in [3.63, 3.8) is 0 Å². The topological polar surface area (TPSA) is 12.9 Å². The lowest BCUT2D eigenvalue weighted by atomic mass is 9.79. The van der Waals surface area contributed by atoms with Crippen molar-refractivity contribution in [2.75, 3.05) is 0 Å². The van der Waals surface area contributed by atoms with E-state index in [1.54, 1.807) is 12.1 Å². The molecular weight excluding hydrogens is 309 g/mol. The Kier molecular flexibility index (Phi) is 5.12. The maximum Gasteiger partial charge on any atom is 0.142 e. The van der Waals surface area contributed by atoms with Crippen molar-refractivity contribution >= 4 is 11.6 Å². The number of rotatable bonds is 3. The van der Waals surface area contributed by atoms with E-state index in [0.29, 0.717) is 5.92 Å². The third-order valence-electron chi connectivity index (χ3n) is 4.71. The van der Waals surface area contributed by atoms with E-state index in [1.165, 1.54) is 37.3 Å². The lowest BCUT2D eigenvalue weighted by molar-refractivity contribution is 0.375. The minimum Gasteiger partial charge on any atom is -0.256 e. The third-order valence-corrected chi connectivity index (χ3v) is 5.02. The number of benzene rings is 1. The van der Waals surface area contributed by atoms with Crippen LogP contribution < -0.4 is 0 Å². The van der Waals surface area contributed by atoms with Crippen LogP contribution in [0.25, 0.3) is 11.3 Å². The van der Waals surface area contributed by atoms with Crippen LogP contribution in [0, 0.1) is 11.7 Å². The van der Waals surface area contributed by atoms with Gasteiger partial charge in [-0.3, -0.25) is 4.98 Å². The van der Waals surface area contributed by atoms with Crippen LogP contribution in [0.2, 0.25) is 5.02 Å². The van der Waals surface area contributed by atoms with Gasteiger partial charge in [0, 0.05) is 11.8 Å². The first-order valence-electron chi connectivity index (χ1n) is 8.21. The standard InChI is InChI=1S/C20H21ClFN/c1-2-3-14-4-6-15(7-5-14)17-9-11-20(23-13-17)16-8-10-18(21)19(22)12-16/h2-3,8-15H,4-7H2,1H3/t14-,15-. The van der Waals surface area contributed by atoms with E-state index in [1.807, 2.05) is 12.3 Å². The Bertz CT molecular complexity index is 685. The Balaban J connectivity index is 1.71. The van der Waals surface area contributed by atoms with Crippen molar-refractivity contribution < 1.29 is 4.39 Å². The van der Waals surface area contributed by atoms with Gasteiger partial charge in [-0.05, 0) is 68.2 Å². The molecule has 0 radical (unpaired) electrons. The SMILES string of the molecule is CC=C[C@H]1CC[C@H](c2ccc(-c3ccc(Cl)c(F)c3)nc2)CC1. The first-order chi connectivity index (χ1) is 11.2. The molecule has 0 N–H and O–H groups in total. The van der Waals surface area contributed by atoms with Crippen molar-refractivity contribution in [1.29, 1.82) is 0 Å². The fraction of sp³-hybridized carbons (Fsp3) is 0.350. The van der Waals surface area contributed by atoms with Crippen LogP contribution in [0.5, 0.6) is 0 Å². The lowest BCUT2D eigenvalue weighted by Gasteiger charge is -2.26. The number of nitrogens with zero attached hydrogens (tertiary/aromatic N) is 1. The molecule has 0 saturated heterocycles. The first kappa shape index (κ1) is 16.2. The highest BCUT2D eigenvalue weighted by Crippen LogP contribution is 2.36. The van der Waals surface area contributed by atoms with E-state index in [9.17, 15) is 4.39 Å². The normalized spacial score (nSPS) is 21.7. The van der Waals surface area contributed by atoms with E-state index in [4.69, 9.17) is 11.6 Å². The second kappa shape index (κ2) is 7.27. The highest BCUT2D eigenvalue weighted by molar-refractivity contribution is 6.30. The molecule has 1 aromatic heterocycles. The van der Waals surface area contributed by atoms with Gasteiger partial charge in [-0.15, -0.1) is 0 Å². The van der Waals surface area contributed by atoms with Gasteiger partial charge in [-0.2, -0.15) is 0 Å². The maximum absolute atomic E-state index is 13.6. The molecule has 1 nitrogen and oxygen atoms in total. The molecule has 0 spiro atoms. The molecule has 1 saturated carbocycles. The lowest BCUT2D eigenvalue weighted by Crippen LogP contribution is -2.11. The van der Waals surface area contributed by atoms with E-state index < -0.39 is 5.82 Å². The average molecular weight is 330 g/mol. The summed E-state index contributed by atoms with van der Waals surface area (Å²) >= 11 is 5.73. The Labute approximate surface area is 142 Å². The predicted molar refractivity (Wildman–Crippen MR) is 94.2 cm³/mol. The van der Waals surface area contributed by atoms with Crippen LogP contribution in [0.15, 0.2) is 48.7 Å². The predicted octanol–water partition coefficient (Wildman–Crippen LogP) is 6.39. The van der Waals surface area contributed by atoms with Crippen LogP contribution in [-0.4, -0.2) is 4.98 Å². The molecule has 0 bridgehead atoms. The highest BCUT2D eigenvalue weighted by Gasteiger charge is 2.21. The number of pyridine rings is 1. The van der Waals surface area contributed by atoms with Crippen molar-refractivity contribution in [1.82, 2.24) is 4.98 Å². The van der Waals surface area contributed by atoms with Gasteiger partial charge in [0.05, 0.1) is 10.7 Å². The molecule has 1 aromatic carbocycles. The average Bonchev–Trinajstić information content (AvgIpc) is 2.59. The molecule has 0 unspecified atom stereocenters. The van der Waals surface area contributed by atoms with Crippen LogP contribution in [0.3, 0.4) is 0 Å². The highest BCUT2D eigenvalue weighted by atomic mass is 35.5. The Morgan fingerprint density at radius 3 is 2.52 bits per heavy atom. The second-order valence-corrected chi connectivity index (χ2v) is 6.65. The fourth-order valence-corrected chi connectivity index (χ4v) is 3.51. The maximum atomic E-state index is 13.6. The molecule has 0 atom stereocenters. The quantitative estimate of drug-likeness (QED) is 0.594. The van der Waals surface area contributed by atoms with Crippen molar-refractivity contribution in [3.05, 3.63) is 65.1 Å². The van der Waals surface area contributed by atoms with Gasteiger partial charge in [-0.25, -0.2) is 4.39 Å². The van der Waals surface area contributed by atoms with E-state index in [0.717, 1.165) is 17.2 Å². The van der Waals surface area contributed by atoms with Gasteiger partial charge in [0.2, 0.25) is 0 Å². The van der Waals surface area contributed by atoms with Gasteiger partial charge in [0.1, 0.15) is 5.82 Å². The number of aromatic nitrogens is 1. The van der Waals surface area contributed by atoms with Crippen molar-refractivity contribution in [2.45, 2.75) is 38.5 Å². The molecule has 2 aromatic rings. The van der Waals surface area contributed by atoms with Gasteiger partial charge >= 0.3 is 0 Å². The molecule has 3 heteroatoms. The zero-order valence-electron chi connectivity index (χ0n) is 13.3. The van der Waals surface area contributed by atoms with Crippen molar-refractivity contribution in [3.8, 4) is 11.3 Å². The summed E-state index contributed by atoms with van der Waals surface area (Å²) in [5.74, 6) is 0.929. The molecule has 1 aliphatic rings. The smallest absolute Gasteiger partial charge is 0.142 e. The Morgan fingerprint density at radius 1 is 1.13 bits per heavy atom. The number of hydrogen-bond donors (Lipinski definition) is 0. The first-order valence-corrected chi connectivity index (χ1v) is 8.59. The second-order valence-electron chi connectivity index (χ2n) is 6.24. The summed E-state index contributed by atoms with van der Waals surface area (Å²) < 4.78 is 13.6. The minimum absolute atomic E-state index is 0.142. The molecule has 1 aliphatic carbocycles. The van der Waals surface area contributed by atoms with Crippen LogP contribution >= 0.6 is 11.6 Å². The summed E-state index contributed by atoms with van der Waals surface area (Å²) in [6, 6.07) is 8.93. The summed E-state index contributed by atoms with van der Waals surface area (Å²) in [6.45, 7) is 2.09. The minimum atomic E-state index is -0.405. The van der Waals surface area contributed by atoms with Gasteiger partial charge in [-0.1, -0.05) is 35.9 Å². The molecule has 23 heavy (non-hydrogen) atoms. The van der Waals surface area contributed by atoms with Gasteiger partial charge in [0.25, 0.3) is 0 Å². The summed E-state index contributed by atoms with van der Waals surface area (Å²) in [6.07, 6.45) is 11.4. The summed E-state index contributed by atoms with van der Waals surface area (Å²) in [4.78, 5) is 4.53. The molecule has 1 fully saturated rings.